The second-order valence-electron chi connectivity index (χ2n) is 6.22. The van der Waals surface area contributed by atoms with E-state index in [-0.39, 0.29) is 24.3 Å². The van der Waals surface area contributed by atoms with Crippen LogP contribution in [-0.4, -0.2) is 50.7 Å². The first-order valence-electron chi connectivity index (χ1n) is 8.42. The molecule has 0 bridgehead atoms. The van der Waals surface area contributed by atoms with Gasteiger partial charge in [-0.15, -0.1) is 0 Å². The lowest BCUT2D eigenvalue weighted by atomic mass is 10.2. The van der Waals surface area contributed by atoms with Crippen LogP contribution in [0.3, 0.4) is 0 Å². The van der Waals surface area contributed by atoms with Crippen molar-refractivity contribution in [3.63, 3.8) is 0 Å². The van der Waals surface area contributed by atoms with Gasteiger partial charge in [0, 0.05) is 11.7 Å². The third-order valence-electron chi connectivity index (χ3n) is 4.32. The molecule has 3 amide bonds. The molecule has 1 aromatic rings. The quantitative estimate of drug-likeness (QED) is 0.717. The number of amides is 3. The predicted octanol–water partition coefficient (Wildman–Crippen LogP) is 0.155. The lowest BCUT2D eigenvalue weighted by Crippen LogP contribution is -3.16. The van der Waals surface area contributed by atoms with Gasteiger partial charge in [0.15, 0.2) is 6.54 Å². The second-order valence-corrected chi connectivity index (χ2v) is 6.22. The van der Waals surface area contributed by atoms with Gasteiger partial charge in [-0.05, 0) is 37.6 Å². The third-order valence-corrected chi connectivity index (χ3v) is 4.32. The number of anilines is 1. The highest BCUT2D eigenvalue weighted by atomic mass is 19.1. The summed E-state index contributed by atoms with van der Waals surface area (Å²) >= 11 is 0. The molecule has 0 spiro atoms. The molecule has 0 unspecified atom stereocenters. The van der Waals surface area contributed by atoms with Gasteiger partial charge in [-0.2, -0.15) is 0 Å². The fraction of sp³-hybridized carbons (Fsp3) is 0.529. The number of hydrogen-bond acceptors (Lipinski definition) is 3. The molecule has 3 N–H and O–H groups in total. The summed E-state index contributed by atoms with van der Waals surface area (Å²) in [5, 5.41) is 5.09. The molecule has 1 aromatic carbocycles. The molecule has 132 valence electrons. The van der Waals surface area contributed by atoms with Crippen LogP contribution in [-0.2, 0) is 4.79 Å². The smallest absolute Gasteiger partial charge is 0.321 e. The maximum atomic E-state index is 13.0. The Morgan fingerprint density at radius 3 is 2.46 bits per heavy atom. The van der Waals surface area contributed by atoms with E-state index in [1.165, 1.54) is 12.1 Å². The van der Waals surface area contributed by atoms with E-state index in [4.69, 9.17) is 0 Å². The first-order valence-corrected chi connectivity index (χ1v) is 8.42. The van der Waals surface area contributed by atoms with E-state index in [9.17, 15) is 14.0 Å². The highest BCUT2D eigenvalue weighted by Crippen LogP contribution is 2.14. The van der Waals surface area contributed by atoms with Crippen LogP contribution in [0.1, 0.15) is 20.3 Å². The van der Waals surface area contributed by atoms with Crippen molar-refractivity contribution in [1.82, 2.24) is 10.6 Å². The molecule has 1 fully saturated rings. The fourth-order valence-electron chi connectivity index (χ4n) is 2.67. The molecule has 24 heavy (non-hydrogen) atoms. The van der Waals surface area contributed by atoms with Crippen LogP contribution >= 0.6 is 0 Å². The SMILES string of the molecule is CC[C@H](C)NC(=O)NC(=O)C[NH+]1CCN(c2ccc(F)cc2)CC1. The summed E-state index contributed by atoms with van der Waals surface area (Å²) in [5.74, 6) is -0.503. The number of rotatable bonds is 5. The number of quaternary nitrogens is 1. The monoisotopic (exact) mass is 337 g/mol. The second kappa shape index (κ2) is 8.63. The first kappa shape index (κ1) is 18.2. The van der Waals surface area contributed by atoms with E-state index < -0.39 is 6.03 Å². The summed E-state index contributed by atoms with van der Waals surface area (Å²) in [5.41, 5.74) is 0.993. The third kappa shape index (κ3) is 5.49. The van der Waals surface area contributed by atoms with E-state index in [1.54, 1.807) is 12.1 Å². The van der Waals surface area contributed by atoms with Gasteiger partial charge in [0.05, 0.1) is 26.2 Å². The van der Waals surface area contributed by atoms with Gasteiger partial charge in [0.1, 0.15) is 5.82 Å². The van der Waals surface area contributed by atoms with E-state index in [1.807, 2.05) is 13.8 Å². The molecule has 1 aliphatic heterocycles. The molecule has 0 aliphatic carbocycles. The van der Waals surface area contributed by atoms with Crippen molar-refractivity contribution >= 4 is 17.6 Å². The van der Waals surface area contributed by atoms with E-state index in [2.05, 4.69) is 15.5 Å². The largest absolute Gasteiger partial charge is 0.360 e. The van der Waals surface area contributed by atoms with Crippen LogP contribution < -0.4 is 20.4 Å². The van der Waals surface area contributed by atoms with Gasteiger partial charge in [0.25, 0.3) is 5.91 Å². The zero-order chi connectivity index (χ0) is 17.5. The molecule has 1 heterocycles. The van der Waals surface area contributed by atoms with Crippen molar-refractivity contribution in [3.05, 3.63) is 30.1 Å². The molecular formula is C17H26FN4O2+. The van der Waals surface area contributed by atoms with Gasteiger partial charge in [-0.3, -0.25) is 10.1 Å². The van der Waals surface area contributed by atoms with Crippen LogP contribution in [0.25, 0.3) is 0 Å². The van der Waals surface area contributed by atoms with E-state index in [0.29, 0.717) is 0 Å². The summed E-state index contributed by atoms with van der Waals surface area (Å²) in [4.78, 5) is 26.9. The number of imide groups is 1. The predicted molar refractivity (Wildman–Crippen MR) is 90.6 cm³/mol. The van der Waals surface area contributed by atoms with Crippen molar-refractivity contribution < 1.29 is 18.9 Å². The molecule has 1 saturated heterocycles. The lowest BCUT2D eigenvalue weighted by molar-refractivity contribution is -0.892. The van der Waals surface area contributed by atoms with Crippen LogP contribution in [0, 0.1) is 5.82 Å². The summed E-state index contributed by atoms with van der Waals surface area (Å²) in [6.45, 7) is 7.35. The van der Waals surface area contributed by atoms with Crippen molar-refractivity contribution in [2.24, 2.45) is 0 Å². The maximum Gasteiger partial charge on any atom is 0.321 e. The minimum Gasteiger partial charge on any atom is -0.360 e. The molecule has 1 aliphatic rings. The maximum absolute atomic E-state index is 13.0. The average Bonchev–Trinajstić information content (AvgIpc) is 2.56. The van der Waals surface area contributed by atoms with Gasteiger partial charge in [0.2, 0.25) is 0 Å². The zero-order valence-electron chi connectivity index (χ0n) is 14.3. The normalized spacial score (nSPS) is 16.5. The molecular weight excluding hydrogens is 311 g/mol. The summed E-state index contributed by atoms with van der Waals surface area (Å²) < 4.78 is 13.0. The van der Waals surface area contributed by atoms with Crippen molar-refractivity contribution in [3.8, 4) is 0 Å². The zero-order valence-corrected chi connectivity index (χ0v) is 14.3. The number of carbonyl (C=O) groups is 2. The Balaban J connectivity index is 1.73. The highest BCUT2D eigenvalue weighted by Gasteiger charge is 2.23. The first-order chi connectivity index (χ1) is 11.5. The van der Waals surface area contributed by atoms with Gasteiger partial charge >= 0.3 is 6.03 Å². The molecule has 0 radical (unpaired) electrons. The number of nitrogens with zero attached hydrogens (tertiary/aromatic N) is 1. The van der Waals surface area contributed by atoms with E-state index >= 15 is 0 Å². The van der Waals surface area contributed by atoms with Crippen molar-refractivity contribution in [2.75, 3.05) is 37.6 Å². The Morgan fingerprint density at radius 1 is 1.25 bits per heavy atom. The fourth-order valence-corrected chi connectivity index (χ4v) is 2.67. The number of hydrogen-bond donors (Lipinski definition) is 3. The Labute approximate surface area is 142 Å². The van der Waals surface area contributed by atoms with Gasteiger partial charge in [-0.1, -0.05) is 6.92 Å². The van der Waals surface area contributed by atoms with Crippen LogP contribution in [0.15, 0.2) is 24.3 Å². The highest BCUT2D eigenvalue weighted by molar-refractivity contribution is 5.94. The van der Waals surface area contributed by atoms with Crippen LogP contribution in [0.4, 0.5) is 14.9 Å². The van der Waals surface area contributed by atoms with E-state index in [0.717, 1.165) is 43.2 Å². The topological polar surface area (TPSA) is 65.9 Å². The molecule has 1 atom stereocenters. The summed E-state index contributed by atoms with van der Waals surface area (Å²) in [6.07, 6.45) is 0.818. The van der Waals surface area contributed by atoms with Crippen molar-refractivity contribution in [1.29, 1.82) is 0 Å². The number of urea groups is 1. The molecule has 7 heteroatoms. The molecule has 6 nitrogen and oxygen atoms in total. The van der Waals surface area contributed by atoms with Crippen molar-refractivity contribution in [2.45, 2.75) is 26.3 Å². The number of nitrogens with one attached hydrogen (secondary N) is 3. The Kier molecular flexibility index (Phi) is 6.54. The summed E-state index contributed by atoms with van der Waals surface area (Å²) in [6, 6.07) is 6.07. The number of benzene rings is 1. The molecule has 0 saturated carbocycles. The average molecular weight is 337 g/mol. The van der Waals surface area contributed by atoms with Gasteiger partial charge < -0.3 is 15.1 Å². The standard InChI is InChI=1S/C17H25FN4O2/c1-3-13(2)19-17(24)20-16(23)12-21-8-10-22(11-9-21)15-6-4-14(18)5-7-15/h4-7,13H,3,8-12H2,1-2H3,(H2,19,20,23,24)/p+1/t13-/m0/s1. The lowest BCUT2D eigenvalue weighted by Gasteiger charge is -2.33. The number of carbonyl (C=O) groups excluding carboxylic acids is 2. The Hall–Kier alpha value is -2.15. The number of piperazine rings is 1. The molecule has 2 rings (SSSR count). The van der Waals surface area contributed by atoms with Gasteiger partial charge in [-0.25, -0.2) is 9.18 Å². The van der Waals surface area contributed by atoms with Crippen LogP contribution in [0.5, 0.6) is 0 Å². The minimum absolute atomic E-state index is 0.0457. The Morgan fingerprint density at radius 2 is 1.88 bits per heavy atom. The summed E-state index contributed by atoms with van der Waals surface area (Å²) in [7, 11) is 0. The number of halogens is 1. The minimum atomic E-state index is -0.432. The van der Waals surface area contributed by atoms with Crippen LogP contribution in [0.2, 0.25) is 0 Å². The Bertz CT molecular complexity index is 556. The molecule has 0 aromatic heterocycles.